The van der Waals surface area contributed by atoms with Gasteiger partial charge >= 0.3 is 19.8 Å². The maximum absolute atomic E-state index is 12.8. The number of phosphoric ester groups is 1. The number of unbranched alkanes of at least 4 members (excludes halogenated alkanes) is 42. The van der Waals surface area contributed by atoms with E-state index in [2.05, 4.69) is 38.2 Å². The van der Waals surface area contributed by atoms with Gasteiger partial charge in [0.1, 0.15) is 19.8 Å². The molecule has 0 heterocycles. The molecule has 0 amide bonds. The molecule has 0 aromatic heterocycles. The van der Waals surface area contributed by atoms with Crippen LogP contribution < -0.4 is 0 Å². The third-order valence-corrected chi connectivity index (χ3v) is 15.4. The van der Waals surface area contributed by atoms with Gasteiger partial charge in [0, 0.05) is 12.8 Å². The van der Waals surface area contributed by atoms with Gasteiger partial charge < -0.3 is 18.9 Å². The summed E-state index contributed by atoms with van der Waals surface area (Å²) in [4.78, 5) is 35.8. The van der Waals surface area contributed by atoms with Crippen molar-refractivity contribution in [1.29, 1.82) is 0 Å². The average molecular weight is 1070 g/mol. The number of hydrogen-bond donors (Lipinski definition) is 1. The molecule has 438 valence electrons. The first kappa shape index (κ1) is 72.5. The van der Waals surface area contributed by atoms with E-state index in [1.54, 1.807) is 0 Å². The van der Waals surface area contributed by atoms with Crippen LogP contribution in [0.3, 0.4) is 0 Å². The predicted octanol–water partition coefficient (Wildman–Crippen LogP) is 20.2. The van der Waals surface area contributed by atoms with Crippen LogP contribution in [0, 0.1) is 0 Å². The Hall–Kier alpha value is -1.51. The Balaban J connectivity index is 4.05. The fraction of sp³-hybridized carbons (Fsp3) is 0.906. The number of esters is 2. The van der Waals surface area contributed by atoms with Gasteiger partial charge in [-0.3, -0.25) is 18.6 Å². The van der Waals surface area contributed by atoms with Crippen molar-refractivity contribution in [3.05, 3.63) is 24.3 Å². The summed E-state index contributed by atoms with van der Waals surface area (Å²) < 4.78 is 34.7. The SMILES string of the molecule is CCCCCCCCCC/C=C\CCCCCCCCCCCCCCCCCCCC(=O)OC(COC(=O)CCCCCCCCCCC/C=C\CCCCCCCCCC)COP(=O)(O)OCC[N+](C)(C)C. The number of likely N-dealkylation sites (N-methyl/N-ethyl adjacent to an activating group) is 1. The van der Waals surface area contributed by atoms with Gasteiger partial charge in [0.15, 0.2) is 6.10 Å². The highest BCUT2D eigenvalue weighted by atomic mass is 31.2. The van der Waals surface area contributed by atoms with Gasteiger partial charge in [-0.15, -0.1) is 0 Å². The molecule has 0 aliphatic carbocycles. The molecular formula is C64H125NO8P+. The average Bonchev–Trinajstić information content (AvgIpc) is 3.36. The molecule has 0 aromatic rings. The van der Waals surface area contributed by atoms with E-state index in [-0.39, 0.29) is 25.6 Å². The minimum absolute atomic E-state index is 0.0342. The lowest BCUT2D eigenvalue weighted by Crippen LogP contribution is -2.37. The van der Waals surface area contributed by atoms with Crippen molar-refractivity contribution in [2.24, 2.45) is 0 Å². The minimum atomic E-state index is -4.38. The molecule has 2 atom stereocenters. The van der Waals surface area contributed by atoms with Crippen molar-refractivity contribution >= 4 is 19.8 Å². The molecule has 10 heteroatoms. The Morgan fingerprint density at radius 2 is 0.689 bits per heavy atom. The van der Waals surface area contributed by atoms with Gasteiger partial charge in [-0.2, -0.15) is 0 Å². The van der Waals surface area contributed by atoms with Crippen LogP contribution in [-0.4, -0.2) is 74.9 Å². The molecule has 0 saturated carbocycles. The van der Waals surface area contributed by atoms with E-state index >= 15 is 0 Å². The van der Waals surface area contributed by atoms with E-state index in [1.807, 2.05) is 21.1 Å². The van der Waals surface area contributed by atoms with Crippen LogP contribution in [0.25, 0.3) is 0 Å². The normalized spacial score (nSPS) is 13.3. The fourth-order valence-corrected chi connectivity index (χ4v) is 10.2. The molecule has 9 nitrogen and oxygen atoms in total. The molecule has 0 bridgehead atoms. The molecule has 2 unspecified atom stereocenters. The molecule has 0 aromatic carbocycles. The Bertz CT molecular complexity index is 1300. The van der Waals surface area contributed by atoms with Gasteiger partial charge in [0.05, 0.1) is 27.7 Å². The second kappa shape index (κ2) is 56.2. The number of phosphoric acid groups is 1. The van der Waals surface area contributed by atoms with E-state index in [0.717, 1.165) is 32.1 Å². The van der Waals surface area contributed by atoms with Gasteiger partial charge in [0.25, 0.3) is 0 Å². The molecule has 0 aliphatic heterocycles. The van der Waals surface area contributed by atoms with Gasteiger partial charge in [0.2, 0.25) is 0 Å². The monoisotopic (exact) mass is 1070 g/mol. The molecule has 0 rings (SSSR count). The summed E-state index contributed by atoms with van der Waals surface area (Å²) in [7, 11) is 1.49. The lowest BCUT2D eigenvalue weighted by atomic mass is 10.0. The Morgan fingerprint density at radius 1 is 0.405 bits per heavy atom. The summed E-state index contributed by atoms with van der Waals surface area (Å²) in [5.74, 6) is -0.782. The van der Waals surface area contributed by atoms with Crippen LogP contribution in [0.15, 0.2) is 24.3 Å². The highest BCUT2D eigenvalue weighted by molar-refractivity contribution is 7.47. The van der Waals surface area contributed by atoms with Gasteiger partial charge in [-0.05, 0) is 64.2 Å². The minimum Gasteiger partial charge on any atom is -0.462 e. The van der Waals surface area contributed by atoms with Crippen molar-refractivity contribution in [1.82, 2.24) is 0 Å². The summed E-state index contributed by atoms with van der Waals surface area (Å²) in [5.41, 5.74) is 0. The third kappa shape index (κ3) is 59.7. The van der Waals surface area contributed by atoms with Crippen LogP contribution in [-0.2, 0) is 32.7 Å². The molecule has 0 spiro atoms. The number of allylic oxidation sites excluding steroid dienone is 4. The number of rotatable bonds is 60. The number of carbonyl (C=O) groups is 2. The molecule has 0 saturated heterocycles. The third-order valence-electron chi connectivity index (χ3n) is 14.5. The topological polar surface area (TPSA) is 108 Å². The first-order chi connectivity index (χ1) is 36.0. The number of carbonyl (C=O) groups excluding carboxylic acids is 2. The van der Waals surface area contributed by atoms with Crippen molar-refractivity contribution in [2.45, 2.75) is 328 Å². The van der Waals surface area contributed by atoms with E-state index in [4.69, 9.17) is 18.5 Å². The number of hydrogen-bond acceptors (Lipinski definition) is 7. The summed E-state index contributed by atoms with van der Waals surface area (Å²) in [5, 5.41) is 0. The zero-order valence-electron chi connectivity index (χ0n) is 49.9. The highest BCUT2D eigenvalue weighted by Crippen LogP contribution is 2.43. The quantitative estimate of drug-likeness (QED) is 0.0211. The van der Waals surface area contributed by atoms with Gasteiger partial charge in [-0.25, -0.2) is 4.57 Å². The van der Waals surface area contributed by atoms with E-state index in [1.165, 1.54) is 257 Å². The summed E-state index contributed by atoms with van der Waals surface area (Å²) in [6.07, 6.45) is 68.4. The maximum atomic E-state index is 12.8. The number of ether oxygens (including phenoxy) is 2. The Kier molecular flexibility index (Phi) is 55.1. The molecule has 0 aliphatic rings. The first-order valence-electron chi connectivity index (χ1n) is 32.1. The van der Waals surface area contributed by atoms with E-state index in [9.17, 15) is 19.0 Å². The lowest BCUT2D eigenvalue weighted by molar-refractivity contribution is -0.870. The second-order valence-electron chi connectivity index (χ2n) is 23.1. The lowest BCUT2D eigenvalue weighted by Gasteiger charge is -2.24. The fourth-order valence-electron chi connectivity index (χ4n) is 9.48. The van der Waals surface area contributed by atoms with Crippen molar-refractivity contribution in [2.75, 3.05) is 47.5 Å². The molecule has 74 heavy (non-hydrogen) atoms. The summed E-state index contributed by atoms with van der Waals surface area (Å²) in [6.45, 7) is 4.49. The Labute approximate surface area is 459 Å². The first-order valence-corrected chi connectivity index (χ1v) is 33.6. The second-order valence-corrected chi connectivity index (χ2v) is 24.6. The predicted molar refractivity (Wildman–Crippen MR) is 317 cm³/mol. The van der Waals surface area contributed by atoms with Crippen molar-refractivity contribution in [3.63, 3.8) is 0 Å². The molecule has 0 radical (unpaired) electrons. The molecular weight excluding hydrogens is 942 g/mol. The smallest absolute Gasteiger partial charge is 0.462 e. The summed E-state index contributed by atoms with van der Waals surface area (Å²) in [6, 6.07) is 0. The Morgan fingerprint density at radius 3 is 1.00 bits per heavy atom. The van der Waals surface area contributed by atoms with Crippen LogP contribution in [0.1, 0.15) is 322 Å². The van der Waals surface area contributed by atoms with Crippen LogP contribution in [0.5, 0.6) is 0 Å². The zero-order valence-corrected chi connectivity index (χ0v) is 50.8. The number of quaternary nitrogens is 1. The number of nitrogens with zero attached hydrogens (tertiary/aromatic N) is 1. The van der Waals surface area contributed by atoms with Crippen molar-refractivity contribution in [3.8, 4) is 0 Å². The summed E-state index contributed by atoms with van der Waals surface area (Å²) >= 11 is 0. The standard InChI is InChI=1S/C64H124NO8P/c1-6-8-10-12-14-16-18-20-22-24-26-28-29-30-31-32-33-34-35-37-39-41-43-45-47-49-51-53-55-57-64(67)73-62(61-72-74(68,69)71-59-58-65(3,4)5)60-70-63(66)56-54-52-50-48-46-44-42-40-38-36-27-25-23-21-19-17-15-13-11-9-7-2/h24-27,62H,6-23,28-61H2,1-5H3/p+1/b26-24-,27-25-. The molecule has 0 fully saturated rings. The van der Waals surface area contributed by atoms with Gasteiger partial charge in [-0.1, -0.05) is 269 Å². The zero-order chi connectivity index (χ0) is 54.2. The van der Waals surface area contributed by atoms with Crippen LogP contribution in [0.4, 0.5) is 0 Å². The van der Waals surface area contributed by atoms with Crippen LogP contribution in [0.2, 0.25) is 0 Å². The largest absolute Gasteiger partial charge is 0.472 e. The van der Waals surface area contributed by atoms with Crippen LogP contribution >= 0.6 is 7.82 Å². The van der Waals surface area contributed by atoms with Crippen molar-refractivity contribution < 1.29 is 42.1 Å². The maximum Gasteiger partial charge on any atom is 0.472 e. The highest BCUT2D eigenvalue weighted by Gasteiger charge is 2.27. The van der Waals surface area contributed by atoms with E-state index < -0.39 is 26.5 Å². The molecule has 1 N–H and O–H groups in total. The van der Waals surface area contributed by atoms with E-state index in [0.29, 0.717) is 23.9 Å².